The monoisotopic (exact) mass is 567 g/mol. The third kappa shape index (κ3) is 4.23. The number of carbonyl (C=O) groups is 1. The van der Waals surface area contributed by atoms with Crippen molar-refractivity contribution in [2.24, 2.45) is 0 Å². The van der Waals surface area contributed by atoms with E-state index in [2.05, 4.69) is 30.9 Å². The van der Waals surface area contributed by atoms with Crippen molar-refractivity contribution in [2.75, 3.05) is 5.73 Å². The predicted molar refractivity (Wildman–Crippen MR) is 124 cm³/mol. The van der Waals surface area contributed by atoms with Crippen LogP contribution in [0.15, 0.2) is 40.2 Å². The fraction of sp³-hybridized carbons (Fsp3) is 0.429. The van der Waals surface area contributed by atoms with Crippen LogP contribution in [0.2, 0.25) is 0 Å². The van der Waals surface area contributed by atoms with Gasteiger partial charge in [-0.05, 0) is 48.8 Å². The Morgan fingerprint density at radius 3 is 2.57 bits per heavy atom. The van der Waals surface area contributed by atoms with Gasteiger partial charge in [-0.25, -0.2) is 15.0 Å². The maximum absolute atomic E-state index is 12.9. The minimum Gasteiger partial charge on any atom is -0.382 e. The normalized spacial score (nSPS) is 26.6. The Balaban J connectivity index is 1.51. The van der Waals surface area contributed by atoms with E-state index in [4.69, 9.17) is 24.1 Å². The maximum Gasteiger partial charge on any atom is 0.297 e. The number of hydrogen-bond acceptors (Lipinski definition) is 11. The number of hydrogen-bond donors (Lipinski definition) is 1. The summed E-state index contributed by atoms with van der Waals surface area (Å²) in [5.41, 5.74) is 7.52. The van der Waals surface area contributed by atoms with Crippen LogP contribution >= 0.6 is 15.9 Å². The van der Waals surface area contributed by atoms with Gasteiger partial charge in [-0.1, -0.05) is 17.7 Å². The van der Waals surface area contributed by atoms with Gasteiger partial charge in [0.25, 0.3) is 10.1 Å². The fourth-order valence-electron chi connectivity index (χ4n) is 4.27. The van der Waals surface area contributed by atoms with Crippen molar-refractivity contribution in [1.29, 1.82) is 0 Å². The lowest BCUT2D eigenvalue weighted by atomic mass is 10.1. The number of benzene rings is 1. The zero-order valence-corrected chi connectivity index (χ0v) is 21.3. The molecule has 2 saturated heterocycles. The van der Waals surface area contributed by atoms with E-state index < -0.39 is 46.5 Å². The summed E-state index contributed by atoms with van der Waals surface area (Å²) in [6.45, 7) is 5.24. The molecule has 4 heterocycles. The Morgan fingerprint density at radius 2 is 1.89 bits per heavy atom. The summed E-state index contributed by atoms with van der Waals surface area (Å²) in [5, 5.41) is 0. The van der Waals surface area contributed by atoms with Crippen LogP contribution in [0.4, 0.5) is 5.82 Å². The van der Waals surface area contributed by atoms with E-state index in [0.29, 0.717) is 22.2 Å². The van der Waals surface area contributed by atoms with Crippen molar-refractivity contribution >= 4 is 49.3 Å². The largest absolute Gasteiger partial charge is 0.382 e. The van der Waals surface area contributed by atoms with Crippen molar-refractivity contribution in [1.82, 2.24) is 19.5 Å². The predicted octanol–water partition coefficient (Wildman–Crippen LogP) is 1.87. The number of aryl methyl sites for hydroxylation is 1. The smallest absolute Gasteiger partial charge is 0.297 e. The second-order valence-electron chi connectivity index (χ2n) is 8.70. The van der Waals surface area contributed by atoms with E-state index in [0.717, 1.165) is 5.56 Å². The number of aldehydes is 1. The van der Waals surface area contributed by atoms with Crippen LogP contribution in [0, 0.1) is 6.92 Å². The highest BCUT2D eigenvalue weighted by Gasteiger charge is 2.59. The van der Waals surface area contributed by atoms with Crippen LogP contribution in [-0.4, -0.2) is 64.4 Å². The number of nitrogens with zero attached hydrogens (tertiary/aromatic N) is 4. The highest BCUT2D eigenvalue weighted by Crippen LogP contribution is 2.46. The van der Waals surface area contributed by atoms with Crippen molar-refractivity contribution < 1.29 is 31.6 Å². The molecule has 14 heteroatoms. The first-order valence-corrected chi connectivity index (χ1v) is 12.8. The molecule has 1 unspecified atom stereocenters. The van der Waals surface area contributed by atoms with Crippen molar-refractivity contribution in [3.05, 3.63) is 40.9 Å². The number of nitrogens with two attached hydrogens (primary N) is 1. The summed E-state index contributed by atoms with van der Waals surface area (Å²) in [7, 11) is -4.28. The van der Waals surface area contributed by atoms with E-state index in [-0.39, 0.29) is 10.7 Å². The average molecular weight is 568 g/mol. The van der Waals surface area contributed by atoms with Crippen molar-refractivity contribution in [3.63, 3.8) is 0 Å². The second-order valence-corrected chi connectivity index (χ2v) is 11.0. The summed E-state index contributed by atoms with van der Waals surface area (Å²) in [5.74, 6) is -0.863. The van der Waals surface area contributed by atoms with Crippen LogP contribution in [0.1, 0.15) is 25.6 Å². The zero-order chi connectivity index (χ0) is 25.1. The van der Waals surface area contributed by atoms with Gasteiger partial charge in [-0.3, -0.25) is 8.75 Å². The number of aromatic nitrogens is 4. The molecular formula is C21H22BrN5O7S. The molecule has 0 amide bonds. The summed E-state index contributed by atoms with van der Waals surface area (Å²) in [6, 6.07) is 6.08. The van der Waals surface area contributed by atoms with Crippen molar-refractivity contribution in [3.8, 4) is 0 Å². The van der Waals surface area contributed by atoms with Crippen LogP contribution in [0.25, 0.3) is 11.2 Å². The Morgan fingerprint density at radius 1 is 1.20 bits per heavy atom. The summed E-state index contributed by atoms with van der Waals surface area (Å²) < 4.78 is 51.3. The van der Waals surface area contributed by atoms with Gasteiger partial charge in [0.1, 0.15) is 24.6 Å². The molecule has 0 radical (unpaired) electrons. The molecule has 2 aromatic heterocycles. The van der Waals surface area contributed by atoms with Crippen LogP contribution in [0.3, 0.4) is 0 Å². The summed E-state index contributed by atoms with van der Waals surface area (Å²) >= 11 is 3.39. The molecule has 186 valence electrons. The average Bonchev–Trinajstić information content (AvgIpc) is 3.40. The number of anilines is 1. The Labute approximate surface area is 209 Å². The zero-order valence-electron chi connectivity index (χ0n) is 18.9. The standard InChI is InChI=1S/C21H22BrN5O7S/c1-10-4-6-11(7-5-10)35(29,30)34-12(8-28)14-15-16(33-21(2,3)32-15)19(31-14)27-18-13(26-20(27)22)17(23)24-9-25-18/h4-9,12,14-16,19H,1-3H3,(H2,23,24,25)/t12?,14-,15-,16-,19-/m1/s1. The first-order valence-electron chi connectivity index (χ1n) is 10.6. The van der Waals surface area contributed by atoms with Gasteiger partial charge in [-0.2, -0.15) is 8.42 Å². The third-order valence-corrected chi connectivity index (χ3v) is 7.67. The van der Waals surface area contributed by atoms with E-state index in [9.17, 15) is 13.2 Å². The molecule has 0 saturated carbocycles. The molecule has 0 bridgehead atoms. The number of rotatable bonds is 6. The van der Waals surface area contributed by atoms with Crippen LogP contribution < -0.4 is 5.73 Å². The van der Waals surface area contributed by atoms with Gasteiger partial charge in [0.05, 0.1) is 4.90 Å². The second kappa shape index (κ2) is 8.57. The maximum atomic E-state index is 12.9. The lowest BCUT2D eigenvalue weighted by Crippen LogP contribution is -2.42. The van der Waals surface area contributed by atoms with Gasteiger partial charge in [0.15, 0.2) is 46.1 Å². The highest BCUT2D eigenvalue weighted by molar-refractivity contribution is 9.10. The molecular weight excluding hydrogens is 546 g/mol. The molecule has 5 rings (SSSR count). The van der Waals surface area contributed by atoms with E-state index >= 15 is 0 Å². The molecule has 2 fully saturated rings. The molecule has 1 aromatic carbocycles. The molecule has 12 nitrogen and oxygen atoms in total. The van der Waals surface area contributed by atoms with Crippen molar-refractivity contribution in [2.45, 2.75) is 62.1 Å². The topological polar surface area (TPSA) is 158 Å². The number of imidazole rings is 1. The first-order chi connectivity index (χ1) is 16.5. The number of carbonyl (C=O) groups excluding carboxylic acids is 1. The number of fused-ring (bicyclic) bond motifs is 2. The van der Waals surface area contributed by atoms with Gasteiger partial charge in [-0.15, -0.1) is 0 Å². The van der Waals surface area contributed by atoms with E-state index in [1.165, 1.54) is 18.5 Å². The summed E-state index contributed by atoms with van der Waals surface area (Å²) in [4.78, 5) is 24.6. The van der Waals surface area contributed by atoms with Gasteiger partial charge in [0, 0.05) is 0 Å². The number of halogens is 1. The molecule has 2 aliphatic heterocycles. The van der Waals surface area contributed by atoms with E-state index in [1.54, 1.807) is 30.5 Å². The highest BCUT2D eigenvalue weighted by atomic mass is 79.9. The minimum absolute atomic E-state index is 0.0829. The van der Waals surface area contributed by atoms with E-state index in [1.807, 2.05) is 6.92 Å². The molecule has 5 atom stereocenters. The van der Waals surface area contributed by atoms with Gasteiger partial charge >= 0.3 is 0 Å². The van der Waals surface area contributed by atoms with Gasteiger partial charge in [0.2, 0.25) is 0 Å². The fourth-order valence-corrected chi connectivity index (χ4v) is 5.84. The molecule has 35 heavy (non-hydrogen) atoms. The van der Waals surface area contributed by atoms with Crippen LogP contribution in [0.5, 0.6) is 0 Å². The quantitative estimate of drug-likeness (QED) is 0.263. The molecule has 3 aromatic rings. The lowest BCUT2D eigenvalue weighted by Gasteiger charge is -2.27. The first kappa shape index (κ1) is 24.2. The molecule has 2 N–H and O–H groups in total. The summed E-state index contributed by atoms with van der Waals surface area (Å²) in [6.07, 6.45) is -3.43. The number of nitrogen functional groups attached to an aromatic ring is 1. The minimum atomic E-state index is -4.28. The molecule has 0 aliphatic carbocycles. The van der Waals surface area contributed by atoms with Crippen LogP contribution in [-0.2, 0) is 33.3 Å². The van der Waals surface area contributed by atoms with Gasteiger partial charge < -0.3 is 24.7 Å². The molecule has 0 spiro atoms. The number of ether oxygens (including phenoxy) is 3. The Kier molecular flexibility index (Phi) is 5.93. The lowest BCUT2D eigenvalue weighted by molar-refractivity contribution is -0.204. The molecule has 2 aliphatic rings. The Hall–Kier alpha value is -2.49. The Bertz CT molecular complexity index is 1400. The third-order valence-electron chi connectivity index (χ3n) is 5.79. The SMILES string of the molecule is Cc1ccc(S(=O)(=O)OC(C=O)[C@H]2O[C@@H](n3c(Br)nc4c(N)ncnc43)[C@@H]3OC(C)(C)O[C@@H]32)cc1.